The molecular formula is C20H28ClNO4. The Balaban J connectivity index is 1.56. The molecule has 5 nitrogen and oxygen atoms in total. The number of carbonyl (C=O) groups excluding carboxylic acids is 1. The van der Waals surface area contributed by atoms with Gasteiger partial charge in [-0.15, -0.1) is 0 Å². The summed E-state index contributed by atoms with van der Waals surface area (Å²) in [4.78, 5) is 14.4. The second-order valence-electron chi connectivity index (χ2n) is 7.85. The summed E-state index contributed by atoms with van der Waals surface area (Å²) in [5.74, 6) is 0.529. The molecule has 0 spiro atoms. The monoisotopic (exact) mass is 381 g/mol. The van der Waals surface area contributed by atoms with Gasteiger partial charge in [0, 0.05) is 11.6 Å². The van der Waals surface area contributed by atoms with Gasteiger partial charge in [0.05, 0.1) is 18.6 Å². The number of nitrogens with zero attached hydrogens (tertiary/aromatic N) is 1. The van der Waals surface area contributed by atoms with Crippen LogP contribution in [0.1, 0.15) is 51.4 Å². The molecule has 1 saturated heterocycles. The maximum absolute atomic E-state index is 12.7. The summed E-state index contributed by atoms with van der Waals surface area (Å²) in [7, 11) is 0. The van der Waals surface area contributed by atoms with Crippen molar-refractivity contribution < 1.29 is 19.7 Å². The molecule has 1 aliphatic heterocycles. The first-order valence-electron chi connectivity index (χ1n) is 9.49. The first-order chi connectivity index (χ1) is 12.4. The van der Waals surface area contributed by atoms with E-state index in [2.05, 4.69) is 0 Å². The third kappa shape index (κ3) is 5.12. The SMILES string of the molecule is O=C(CC1(O)CCCCC1)N1CCCC(O)(COc2cccc(Cl)c2)C1. The lowest BCUT2D eigenvalue weighted by Gasteiger charge is -2.40. The van der Waals surface area contributed by atoms with Crippen LogP contribution in [0.4, 0.5) is 0 Å². The molecule has 144 valence electrons. The van der Waals surface area contributed by atoms with E-state index < -0.39 is 11.2 Å². The third-order valence-electron chi connectivity index (χ3n) is 5.48. The Hall–Kier alpha value is -1.30. The summed E-state index contributed by atoms with van der Waals surface area (Å²) in [5.41, 5.74) is -1.95. The number of aliphatic hydroxyl groups is 2. The molecule has 0 aromatic heterocycles. The number of piperidine rings is 1. The van der Waals surface area contributed by atoms with Crippen molar-refractivity contribution in [2.45, 2.75) is 62.6 Å². The fraction of sp³-hybridized carbons (Fsp3) is 0.650. The van der Waals surface area contributed by atoms with E-state index in [9.17, 15) is 15.0 Å². The number of hydrogen-bond donors (Lipinski definition) is 2. The molecule has 1 saturated carbocycles. The van der Waals surface area contributed by atoms with Crippen molar-refractivity contribution in [3.8, 4) is 5.75 Å². The van der Waals surface area contributed by atoms with Crippen LogP contribution in [0.3, 0.4) is 0 Å². The number of hydrogen-bond acceptors (Lipinski definition) is 4. The molecule has 1 aliphatic carbocycles. The first-order valence-corrected chi connectivity index (χ1v) is 9.86. The summed E-state index contributed by atoms with van der Waals surface area (Å²) in [6.45, 7) is 0.970. The van der Waals surface area contributed by atoms with Crippen LogP contribution in [0.5, 0.6) is 5.75 Å². The average molecular weight is 382 g/mol. The van der Waals surface area contributed by atoms with Crippen LogP contribution in [-0.2, 0) is 4.79 Å². The predicted octanol–water partition coefficient (Wildman–Crippen LogP) is 3.16. The zero-order valence-electron chi connectivity index (χ0n) is 15.1. The van der Waals surface area contributed by atoms with Crippen LogP contribution in [-0.4, -0.2) is 51.9 Å². The summed E-state index contributed by atoms with van der Waals surface area (Å²) in [6, 6.07) is 7.05. The molecule has 1 atom stereocenters. The van der Waals surface area contributed by atoms with Crippen molar-refractivity contribution in [2.24, 2.45) is 0 Å². The lowest BCUT2D eigenvalue weighted by Crippen LogP contribution is -2.54. The van der Waals surface area contributed by atoms with Gasteiger partial charge in [-0.3, -0.25) is 4.79 Å². The Morgan fingerprint density at radius 2 is 1.85 bits per heavy atom. The van der Waals surface area contributed by atoms with Crippen molar-refractivity contribution >= 4 is 17.5 Å². The van der Waals surface area contributed by atoms with E-state index in [-0.39, 0.29) is 25.5 Å². The van der Waals surface area contributed by atoms with Gasteiger partial charge >= 0.3 is 0 Å². The molecule has 1 aromatic carbocycles. The largest absolute Gasteiger partial charge is 0.490 e. The van der Waals surface area contributed by atoms with Gasteiger partial charge in [0.25, 0.3) is 0 Å². The van der Waals surface area contributed by atoms with Gasteiger partial charge in [-0.1, -0.05) is 36.9 Å². The van der Waals surface area contributed by atoms with Crippen LogP contribution in [0, 0.1) is 0 Å². The molecule has 1 heterocycles. The van der Waals surface area contributed by atoms with Gasteiger partial charge in [-0.25, -0.2) is 0 Å². The summed E-state index contributed by atoms with van der Waals surface area (Å²) in [5, 5.41) is 22.1. The van der Waals surface area contributed by atoms with Crippen LogP contribution in [0.25, 0.3) is 0 Å². The molecule has 1 aromatic rings. The normalized spacial score (nSPS) is 25.7. The molecule has 0 bridgehead atoms. The molecule has 26 heavy (non-hydrogen) atoms. The molecule has 0 radical (unpaired) electrons. The van der Waals surface area contributed by atoms with Gasteiger partial charge in [0.15, 0.2) is 0 Å². The topological polar surface area (TPSA) is 70.0 Å². The van der Waals surface area contributed by atoms with Crippen molar-refractivity contribution in [2.75, 3.05) is 19.7 Å². The number of amides is 1. The Bertz CT molecular complexity index is 632. The number of likely N-dealkylation sites (tertiary alicyclic amines) is 1. The lowest BCUT2D eigenvalue weighted by molar-refractivity contribution is -0.146. The fourth-order valence-corrected chi connectivity index (χ4v) is 4.18. The minimum Gasteiger partial charge on any atom is -0.490 e. The van der Waals surface area contributed by atoms with E-state index in [1.165, 1.54) is 0 Å². The van der Waals surface area contributed by atoms with Crippen molar-refractivity contribution in [1.29, 1.82) is 0 Å². The molecule has 6 heteroatoms. The summed E-state index contributed by atoms with van der Waals surface area (Å²) in [6.07, 6.45) is 5.91. The van der Waals surface area contributed by atoms with Crippen LogP contribution >= 0.6 is 11.6 Å². The van der Waals surface area contributed by atoms with Crippen LogP contribution in [0.15, 0.2) is 24.3 Å². The molecule has 2 aliphatic rings. The average Bonchev–Trinajstić information content (AvgIpc) is 2.60. The van der Waals surface area contributed by atoms with Gasteiger partial charge in [-0.05, 0) is 43.9 Å². The van der Waals surface area contributed by atoms with Crippen molar-refractivity contribution in [1.82, 2.24) is 4.90 Å². The maximum Gasteiger partial charge on any atom is 0.225 e. The van der Waals surface area contributed by atoms with E-state index in [1.54, 1.807) is 29.2 Å². The minimum atomic E-state index is -1.08. The van der Waals surface area contributed by atoms with E-state index in [0.717, 1.165) is 25.7 Å². The smallest absolute Gasteiger partial charge is 0.225 e. The maximum atomic E-state index is 12.7. The number of halogens is 1. The number of β-amino-alcohol motifs (C(OH)–C–C–N with tert-alkyl or cyclic N) is 1. The number of rotatable bonds is 5. The highest BCUT2D eigenvalue weighted by Gasteiger charge is 2.39. The first kappa shape index (κ1) is 19.5. The van der Waals surface area contributed by atoms with Crippen molar-refractivity contribution in [3.05, 3.63) is 29.3 Å². The molecule has 3 rings (SSSR count). The molecular weight excluding hydrogens is 354 g/mol. The fourth-order valence-electron chi connectivity index (χ4n) is 4.00. The Morgan fingerprint density at radius 1 is 1.12 bits per heavy atom. The van der Waals surface area contributed by atoms with Gasteiger partial charge in [-0.2, -0.15) is 0 Å². The lowest BCUT2D eigenvalue weighted by atomic mass is 9.82. The molecule has 2 N–H and O–H groups in total. The van der Waals surface area contributed by atoms with Gasteiger partial charge in [0.2, 0.25) is 5.91 Å². The zero-order chi connectivity index (χ0) is 18.6. The second kappa shape index (κ2) is 8.15. The highest BCUT2D eigenvalue weighted by atomic mass is 35.5. The molecule has 1 amide bonds. The van der Waals surface area contributed by atoms with Gasteiger partial charge < -0.3 is 19.8 Å². The second-order valence-corrected chi connectivity index (χ2v) is 8.29. The standard InChI is InChI=1S/C20H28ClNO4/c21-16-6-4-7-17(12-16)26-15-20(25)10-5-11-22(14-20)18(23)13-19(24)8-2-1-3-9-19/h4,6-7,12,24-25H,1-3,5,8-11,13-15H2. The summed E-state index contributed by atoms with van der Waals surface area (Å²) < 4.78 is 5.71. The van der Waals surface area contributed by atoms with Crippen molar-refractivity contribution in [3.63, 3.8) is 0 Å². The predicted molar refractivity (Wildman–Crippen MR) is 100 cm³/mol. The minimum absolute atomic E-state index is 0.0738. The number of benzene rings is 1. The van der Waals surface area contributed by atoms with E-state index in [1.807, 2.05) is 0 Å². The van der Waals surface area contributed by atoms with E-state index in [4.69, 9.17) is 16.3 Å². The quantitative estimate of drug-likeness (QED) is 0.821. The Morgan fingerprint density at radius 3 is 2.58 bits per heavy atom. The highest BCUT2D eigenvalue weighted by molar-refractivity contribution is 6.30. The van der Waals surface area contributed by atoms with Gasteiger partial charge in [0.1, 0.15) is 18.0 Å². The van der Waals surface area contributed by atoms with Crippen LogP contribution < -0.4 is 4.74 Å². The summed E-state index contributed by atoms with van der Waals surface area (Å²) >= 11 is 5.95. The third-order valence-corrected chi connectivity index (χ3v) is 5.71. The highest BCUT2D eigenvalue weighted by Crippen LogP contribution is 2.32. The number of carbonyl (C=O) groups is 1. The molecule has 1 unspecified atom stereocenters. The molecule has 2 fully saturated rings. The Labute approximate surface area is 159 Å². The van der Waals surface area contributed by atoms with Crippen LogP contribution in [0.2, 0.25) is 5.02 Å². The Kier molecular flexibility index (Phi) is 6.10. The number of ether oxygens (including phenoxy) is 1. The van der Waals surface area contributed by atoms with E-state index >= 15 is 0 Å². The zero-order valence-corrected chi connectivity index (χ0v) is 15.9. The van der Waals surface area contributed by atoms with E-state index in [0.29, 0.717) is 36.6 Å².